The number of morpholine rings is 1. The molecule has 1 fully saturated rings. The summed E-state index contributed by atoms with van der Waals surface area (Å²) in [6, 6.07) is 14.2. The first-order valence-corrected chi connectivity index (χ1v) is 9.35. The zero-order valence-electron chi connectivity index (χ0n) is 15.7. The molecule has 148 valence electrons. The second-order valence-electron chi connectivity index (χ2n) is 6.74. The number of nitrogens with one attached hydrogen (secondary N) is 1. The molecule has 4 rings (SSSR count). The Bertz CT molecular complexity index is 1060. The van der Waals surface area contributed by atoms with Crippen LogP contribution < -0.4 is 5.32 Å². The second-order valence-corrected chi connectivity index (χ2v) is 6.74. The van der Waals surface area contributed by atoms with Crippen molar-refractivity contribution in [3.63, 3.8) is 0 Å². The molecular weight excluding hydrogens is 372 g/mol. The summed E-state index contributed by atoms with van der Waals surface area (Å²) < 4.78 is 5.25. The average molecular weight is 392 g/mol. The van der Waals surface area contributed by atoms with Crippen LogP contribution in [0.15, 0.2) is 54.7 Å². The van der Waals surface area contributed by atoms with Gasteiger partial charge in [0.1, 0.15) is 5.69 Å². The Labute approximate surface area is 167 Å². The van der Waals surface area contributed by atoms with Gasteiger partial charge in [-0.15, -0.1) is 0 Å². The molecule has 8 heteroatoms. The van der Waals surface area contributed by atoms with E-state index < -0.39 is 4.92 Å². The molecule has 2 aromatic carbocycles. The molecular formula is C21H20N4O4. The number of aromatic nitrogens is 1. The van der Waals surface area contributed by atoms with Crippen molar-refractivity contribution in [2.75, 3.05) is 31.6 Å². The molecule has 8 nitrogen and oxygen atoms in total. The van der Waals surface area contributed by atoms with Gasteiger partial charge in [-0.2, -0.15) is 0 Å². The van der Waals surface area contributed by atoms with Gasteiger partial charge in [-0.3, -0.25) is 19.9 Å². The van der Waals surface area contributed by atoms with E-state index in [0.29, 0.717) is 44.1 Å². The molecule has 1 amide bonds. The maximum absolute atomic E-state index is 12.6. The maximum Gasteiger partial charge on any atom is 0.293 e. The number of nitro groups is 1. The van der Waals surface area contributed by atoms with E-state index in [9.17, 15) is 14.9 Å². The van der Waals surface area contributed by atoms with Crippen LogP contribution in [0.1, 0.15) is 15.9 Å². The van der Waals surface area contributed by atoms with E-state index in [2.05, 4.69) is 10.3 Å². The third-order valence-corrected chi connectivity index (χ3v) is 4.93. The molecule has 1 saturated heterocycles. The van der Waals surface area contributed by atoms with Gasteiger partial charge in [0.2, 0.25) is 0 Å². The van der Waals surface area contributed by atoms with Gasteiger partial charge in [0.15, 0.2) is 0 Å². The first-order chi connectivity index (χ1) is 14.1. The molecule has 1 aliphatic rings. The summed E-state index contributed by atoms with van der Waals surface area (Å²) in [6.45, 7) is 2.31. The van der Waals surface area contributed by atoms with Gasteiger partial charge in [-0.25, -0.2) is 0 Å². The predicted molar refractivity (Wildman–Crippen MR) is 109 cm³/mol. The number of amides is 1. The average Bonchev–Trinajstić information content (AvgIpc) is 2.77. The minimum atomic E-state index is -0.472. The van der Waals surface area contributed by atoms with Crippen molar-refractivity contribution in [3.05, 3.63) is 76.0 Å². The fraction of sp³-hybridized carbons (Fsp3) is 0.238. The number of pyridine rings is 1. The highest BCUT2D eigenvalue weighted by Gasteiger charge is 2.22. The van der Waals surface area contributed by atoms with Gasteiger partial charge in [0, 0.05) is 42.8 Å². The van der Waals surface area contributed by atoms with Crippen LogP contribution in [-0.2, 0) is 11.3 Å². The molecule has 1 N–H and O–H groups in total. The summed E-state index contributed by atoms with van der Waals surface area (Å²) in [4.78, 5) is 29.8. The second kappa shape index (κ2) is 8.24. The van der Waals surface area contributed by atoms with Gasteiger partial charge in [0.25, 0.3) is 11.6 Å². The number of carbonyl (C=O) groups is 1. The van der Waals surface area contributed by atoms with Gasteiger partial charge >= 0.3 is 0 Å². The lowest BCUT2D eigenvalue weighted by Gasteiger charge is -2.26. The molecule has 1 aliphatic heterocycles. The van der Waals surface area contributed by atoms with E-state index in [1.807, 2.05) is 30.3 Å². The quantitative estimate of drug-likeness (QED) is 0.529. The lowest BCUT2D eigenvalue weighted by molar-refractivity contribution is -0.384. The number of para-hydroxylation sites is 1. The highest BCUT2D eigenvalue weighted by atomic mass is 16.6. The third kappa shape index (κ3) is 4.02. The smallest absolute Gasteiger partial charge is 0.293 e. The largest absolute Gasteiger partial charge is 0.378 e. The normalized spacial score (nSPS) is 14.0. The number of hydrogen-bond acceptors (Lipinski definition) is 6. The minimum Gasteiger partial charge on any atom is -0.378 e. The lowest BCUT2D eigenvalue weighted by atomic mass is 10.1. The Morgan fingerprint density at radius 1 is 1.17 bits per heavy atom. The molecule has 0 atom stereocenters. The number of ether oxygens (including phenoxy) is 1. The van der Waals surface area contributed by atoms with Crippen molar-refractivity contribution in [1.82, 2.24) is 9.88 Å². The highest BCUT2D eigenvalue weighted by molar-refractivity contribution is 5.96. The number of carbonyl (C=O) groups excluding carboxylic acids is 1. The highest BCUT2D eigenvalue weighted by Crippen LogP contribution is 2.27. The number of rotatable bonds is 5. The summed E-state index contributed by atoms with van der Waals surface area (Å²) in [6.07, 6.45) is 1.72. The zero-order valence-corrected chi connectivity index (χ0v) is 15.7. The molecule has 1 aromatic heterocycles. The molecule has 0 bridgehead atoms. The Morgan fingerprint density at radius 2 is 1.97 bits per heavy atom. The van der Waals surface area contributed by atoms with E-state index >= 15 is 0 Å². The molecule has 0 spiro atoms. The van der Waals surface area contributed by atoms with Crippen molar-refractivity contribution in [2.45, 2.75) is 6.54 Å². The number of anilines is 1. The van der Waals surface area contributed by atoms with E-state index in [-0.39, 0.29) is 11.6 Å². The van der Waals surface area contributed by atoms with E-state index in [1.165, 1.54) is 6.07 Å². The van der Waals surface area contributed by atoms with E-state index in [1.54, 1.807) is 23.2 Å². The summed E-state index contributed by atoms with van der Waals surface area (Å²) in [5.41, 5.74) is 2.32. The first-order valence-electron chi connectivity index (χ1n) is 9.35. The van der Waals surface area contributed by atoms with Crippen molar-refractivity contribution in [3.8, 4) is 0 Å². The SMILES string of the molecule is O=C(c1ccc(NCc2cccc3cccnc23)c([N+](=O)[O-])c1)N1CCOCC1. The van der Waals surface area contributed by atoms with Gasteiger partial charge in [0.05, 0.1) is 23.7 Å². The first kappa shape index (κ1) is 18.8. The fourth-order valence-corrected chi connectivity index (χ4v) is 3.41. The molecule has 29 heavy (non-hydrogen) atoms. The van der Waals surface area contributed by atoms with Crippen LogP contribution in [0.5, 0.6) is 0 Å². The van der Waals surface area contributed by atoms with Crippen molar-refractivity contribution >= 4 is 28.2 Å². The summed E-state index contributed by atoms with van der Waals surface area (Å²) in [5, 5.41) is 15.7. The Kier molecular flexibility index (Phi) is 5.35. The number of nitrogens with zero attached hydrogens (tertiary/aromatic N) is 3. The number of hydrogen-bond donors (Lipinski definition) is 1. The van der Waals surface area contributed by atoms with Crippen LogP contribution in [-0.4, -0.2) is 47.0 Å². The van der Waals surface area contributed by atoms with Gasteiger partial charge in [-0.05, 0) is 23.8 Å². The summed E-state index contributed by atoms with van der Waals surface area (Å²) in [7, 11) is 0. The predicted octanol–water partition coefficient (Wildman–Crippen LogP) is 3.23. The van der Waals surface area contributed by atoms with Crippen LogP contribution in [0.25, 0.3) is 10.9 Å². The van der Waals surface area contributed by atoms with Crippen LogP contribution in [0.4, 0.5) is 11.4 Å². The van der Waals surface area contributed by atoms with Gasteiger partial charge < -0.3 is 15.0 Å². The molecule has 0 radical (unpaired) electrons. The number of benzene rings is 2. The van der Waals surface area contributed by atoms with E-state index in [0.717, 1.165) is 16.5 Å². The lowest BCUT2D eigenvalue weighted by Crippen LogP contribution is -2.40. The Balaban J connectivity index is 1.57. The summed E-state index contributed by atoms with van der Waals surface area (Å²) >= 11 is 0. The molecule has 0 saturated carbocycles. The molecule has 3 aromatic rings. The summed E-state index contributed by atoms with van der Waals surface area (Å²) in [5.74, 6) is -0.221. The fourth-order valence-electron chi connectivity index (χ4n) is 3.41. The Hall–Kier alpha value is -3.52. The number of fused-ring (bicyclic) bond motifs is 1. The maximum atomic E-state index is 12.6. The van der Waals surface area contributed by atoms with Gasteiger partial charge in [-0.1, -0.05) is 24.3 Å². The van der Waals surface area contributed by atoms with E-state index in [4.69, 9.17) is 4.74 Å². The van der Waals surface area contributed by atoms with Crippen LogP contribution >= 0.6 is 0 Å². The zero-order chi connectivity index (χ0) is 20.2. The minimum absolute atomic E-state index is 0.127. The topological polar surface area (TPSA) is 97.6 Å². The monoisotopic (exact) mass is 392 g/mol. The standard InChI is InChI=1S/C21H20N4O4/c26-21(24-9-11-29-12-10-24)16-6-7-18(19(13-16)25(27)28)23-14-17-4-1-3-15-5-2-8-22-20(15)17/h1-8,13,23H,9-12,14H2. The van der Waals surface area contributed by atoms with Crippen LogP contribution in [0.3, 0.4) is 0 Å². The molecule has 2 heterocycles. The molecule has 0 unspecified atom stereocenters. The Morgan fingerprint density at radius 3 is 2.76 bits per heavy atom. The van der Waals surface area contributed by atoms with Crippen molar-refractivity contribution in [2.24, 2.45) is 0 Å². The third-order valence-electron chi connectivity index (χ3n) is 4.93. The van der Waals surface area contributed by atoms with Crippen LogP contribution in [0, 0.1) is 10.1 Å². The molecule has 0 aliphatic carbocycles. The van der Waals surface area contributed by atoms with Crippen molar-refractivity contribution in [1.29, 1.82) is 0 Å². The van der Waals surface area contributed by atoms with Crippen LogP contribution in [0.2, 0.25) is 0 Å². The van der Waals surface area contributed by atoms with Crippen molar-refractivity contribution < 1.29 is 14.5 Å². The number of nitro benzene ring substituents is 1.